The summed E-state index contributed by atoms with van der Waals surface area (Å²) in [5, 5.41) is 1.23. The highest BCUT2D eigenvalue weighted by atomic mass is 16.3. The van der Waals surface area contributed by atoms with Crippen molar-refractivity contribution in [3.63, 3.8) is 0 Å². The van der Waals surface area contributed by atoms with E-state index in [2.05, 4.69) is 217 Å². The molecule has 0 bridgehead atoms. The van der Waals surface area contributed by atoms with E-state index >= 15 is 0 Å². The zero-order valence-electron chi connectivity index (χ0n) is 43.3. The normalized spacial score (nSPS) is 20.7. The van der Waals surface area contributed by atoms with Crippen LogP contribution in [0.5, 0.6) is 0 Å². The summed E-state index contributed by atoms with van der Waals surface area (Å²) in [7, 11) is 0. The van der Waals surface area contributed by atoms with Crippen molar-refractivity contribution in [2.24, 2.45) is 11.3 Å². The average molecular weight is 885 g/mol. The topological polar surface area (TPSA) is 19.6 Å². The Kier molecular flexibility index (Phi) is 9.53. The molecule has 3 heterocycles. The summed E-state index contributed by atoms with van der Waals surface area (Å²) in [6.45, 7) is 36.0. The van der Waals surface area contributed by atoms with Gasteiger partial charge in [0.2, 0.25) is 0 Å². The van der Waals surface area contributed by atoms with Gasteiger partial charge in [0, 0.05) is 33.7 Å². The van der Waals surface area contributed by atoms with Gasteiger partial charge in [0.1, 0.15) is 5.58 Å². The van der Waals surface area contributed by atoms with Gasteiger partial charge in [-0.3, -0.25) is 0 Å². The van der Waals surface area contributed by atoms with E-state index in [1.807, 2.05) is 0 Å². The van der Waals surface area contributed by atoms with Crippen LogP contribution in [0.2, 0.25) is 0 Å². The largest absolute Gasteiger partial charge is 0.468 e. The van der Waals surface area contributed by atoms with Crippen LogP contribution in [-0.2, 0) is 27.1 Å². The Bertz CT molecular complexity index is 3100. The van der Waals surface area contributed by atoms with Gasteiger partial charge in [-0.05, 0) is 176 Å². The smallest absolute Gasteiger partial charge is 0.297 e. The summed E-state index contributed by atoms with van der Waals surface area (Å²) in [4.78, 5) is 5.29. The molecule has 0 fully saturated rings. The maximum Gasteiger partial charge on any atom is 0.297 e. The molecule has 5 aliphatic rings. The van der Waals surface area contributed by atoms with Crippen LogP contribution in [-0.4, -0.2) is 6.71 Å². The number of rotatable bonds is 3. The van der Waals surface area contributed by atoms with Crippen LogP contribution in [0.3, 0.4) is 0 Å². The van der Waals surface area contributed by atoms with Crippen LogP contribution in [0, 0.1) is 18.3 Å². The molecule has 0 radical (unpaired) electrons. The fourth-order valence-corrected chi connectivity index (χ4v) is 12.7. The molecule has 0 amide bonds. The van der Waals surface area contributed by atoms with Crippen molar-refractivity contribution in [3.05, 3.63) is 142 Å². The summed E-state index contributed by atoms with van der Waals surface area (Å²) >= 11 is 0. The molecule has 1 unspecified atom stereocenters. The van der Waals surface area contributed by atoms with Crippen LogP contribution in [0.1, 0.15) is 162 Å². The SMILES string of the molecule is Cc1cc2c3c(c1)N(c1ccc(C(C)(C)C)cc1-c1ccccc1)c1cc4c(cc1B3c1oc3cc5c(cc3c1N2C1=CCC(C(C)(C)C)C=C1)C(C)(C)CCC5(C)C)C(C)(C)CCC4(C)C. The van der Waals surface area contributed by atoms with Crippen molar-refractivity contribution < 1.29 is 4.42 Å². The van der Waals surface area contributed by atoms with Crippen molar-refractivity contribution >= 4 is 62.7 Å². The third kappa shape index (κ3) is 6.80. The monoisotopic (exact) mass is 885 g/mol. The zero-order chi connectivity index (χ0) is 47.5. The quantitative estimate of drug-likeness (QED) is 0.165. The lowest BCUT2D eigenvalue weighted by atomic mass is 9.35. The highest BCUT2D eigenvalue weighted by Gasteiger charge is 2.50. The van der Waals surface area contributed by atoms with Crippen molar-refractivity contribution in [2.75, 3.05) is 9.80 Å². The number of furan rings is 1. The Balaban J connectivity index is 1.27. The van der Waals surface area contributed by atoms with Gasteiger partial charge < -0.3 is 14.2 Å². The van der Waals surface area contributed by atoms with Crippen LogP contribution < -0.4 is 26.4 Å². The van der Waals surface area contributed by atoms with Crippen molar-refractivity contribution in [3.8, 4) is 11.1 Å². The molecular weight excluding hydrogens is 812 g/mol. The van der Waals surface area contributed by atoms with Gasteiger partial charge in [0.15, 0.2) is 0 Å². The number of anilines is 5. The van der Waals surface area contributed by atoms with E-state index in [1.54, 1.807) is 0 Å². The number of aryl methyl sites for hydroxylation is 1. The van der Waals surface area contributed by atoms with Gasteiger partial charge in [-0.25, -0.2) is 0 Å². The minimum absolute atomic E-state index is 0.0147. The maximum atomic E-state index is 7.66. The average Bonchev–Trinajstić information content (AvgIpc) is 3.64. The molecule has 1 atom stereocenters. The lowest BCUT2D eigenvalue weighted by Crippen LogP contribution is -2.61. The predicted octanol–water partition coefficient (Wildman–Crippen LogP) is 15.7. The van der Waals surface area contributed by atoms with Crippen LogP contribution in [0.4, 0.5) is 28.4 Å². The van der Waals surface area contributed by atoms with Gasteiger partial charge >= 0.3 is 0 Å². The summed E-state index contributed by atoms with van der Waals surface area (Å²) in [6.07, 6.45) is 13.1. The molecule has 0 saturated carbocycles. The molecule has 0 saturated heterocycles. The van der Waals surface area contributed by atoms with E-state index in [-0.39, 0.29) is 39.2 Å². The van der Waals surface area contributed by atoms with Crippen LogP contribution >= 0.6 is 0 Å². The number of benzene rings is 5. The molecule has 344 valence electrons. The molecule has 2 aliphatic heterocycles. The lowest BCUT2D eigenvalue weighted by Gasteiger charge is -2.47. The highest BCUT2D eigenvalue weighted by molar-refractivity contribution is 7.00. The molecule has 5 aromatic carbocycles. The Hall–Kier alpha value is -5.22. The second-order valence-corrected chi connectivity index (χ2v) is 26.1. The summed E-state index contributed by atoms with van der Waals surface area (Å²) in [6, 6.07) is 33.6. The Labute approximate surface area is 402 Å². The first-order valence-corrected chi connectivity index (χ1v) is 25.5. The molecule has 4 heteroatoms. The summed E-state index contributed by atoms with van der Waals surface area (Å²) in [5.41, 5.74) is 23.4. The number of allylic oxidation sites excluding steroid dienone is 3. The van der Waals surface area contributed by atoms with E-state index in [9.17, 15) is 0 Å². The van der Waals surface area contributed by atoms with Gasteiger partial charge in [-0.15, -0.1) is 0 Å². The number of hydrogen-bond donors (Lipinski definition) is 0. The van der Waals surface area contributed by atoms with Gasteiger partial charge in [-0.1, -0.05) is 152 Å². The van der Waals surface area contributed by atoms with E-state index in [4.69, 9.17) is 4.42 Å². The third-order valence-corrected chi connectivity index (χ3v) is 17.4. The second-order valence-electron chi connectivity index (χ2n) is 26.1. The van der Waals surface area contributed by atoms with Gasteiger partial charge in [-0.2, -0.15) is 0 Å². The second kappa shape index (κ2) is 14.4. The molecular formula is C63H73BN2O. The van der Waals surface area contributed by atoms with Crippen molar-refractivity contribution in [2.45, 2.75) is 163 Å². The van der Waals surface area contributed by atoms with Gasteiger partial charge in [0.05, 0.1) is 17.0 Å². The molecule has 3 aliphatic carbocycles. The van der Waals surface area contributed by atoms with Crippen molar-refractivity contribution in [1.29, 1.82) is 0 Å². The Morgan fingerprint density at radius 1 is 0.612 bits per heavy atom. The summed E-state index contributed by atoms with van der Waals surface area (Å²) < 4.78 is 7.66. The molecule has 67 heavy (non-hydrogen) atoms. The molecule has 0 N–H and O–H groups in total. The molecule has 1 aromatic heterocycles. The van der Waals surface area contributed by atoms with E-state index in [0.717, 1.165) is 36.9 Å². The van der Waals surface area contributed by atoms with E-state index in [1.165, 1.54) is 101 Å². The van der Waals surface area contributed by atoms with E-state index in [0.29, 0.717) is 5.92 Å². The predicted molar refractivity (Wildman–Crippen MR) is 288 cm³/mol. The first-order chi connectivity index (χ1) is 31.4. The van der Waals surface area contributed by atoms with Gasteiger partial charge in [0.25, 0.3) is 6.71 Å². The van der Waals surface area contributed by atoms with Crippen LogP contribution in [0.25, 0.3) is 22.1 Å². The Morgan fingerprint density at radius 3 is 1.78 bits per heavy atom. The molecule has 0 spiro atoms. The number of nitrogens with zero attached hydrogens (tertiary/aromatic N) is 2. The lowest BCUT2D eigenvalue weighted by molar-refractivity contribution is 0.293. The minimum atomic E-state index is -0.107. The molecule has 11 rings (SSSR count). The summed E-state index contributed by atoms with van der Waals surface area (Å²) in [5.74, 6) is 0.462. The third-order valence-electron chi connectivity index (χ3n) is 17.4. The zero-order valence-corrected chi connectivity index (χ0v) is 43.3. The maximum absolute atomic E-state index is 7.66. The first kappa shape index (κ1) is 44.3. The fourth-order valence-electron chi connectivity index (χ4n) is 12.7. The standard InChI is InChI=1S/C63H73BN2O/c1-38-31-52-55-53(32-38)66(50-26-23-41(59(5,6)7)33-43(50)39-19-17-16-18-20-39)51-36-47-46(61(10,11)28-29-62(47,12)13)35-49(51)64(55)57-56(65(52)42-24-21-40(22-25-42)58(2,3)4)44-34-45-48(37-54(44)67-57)63(14,15)30-27-60(45,8)9/h16-21,23-26,31-37,40H,22,27-30H2,1-15H3. The number of hydrogen-bond acceptors (Lipinski definition) is 3. The molecule has 6 aromatic rings. The first-order valence-electron chi connectivity index (χ1n) is 25.5. The van der Waals surface area contributed by atoms with Crippen LogP contribution in [0.15, 0.2) is 113 Å². The Morgan fingerprint density at radius 2 is 1.19 bits per heavy atom. The molecule has 3 nitrogen and oxygen atoms in total. The van der Waals surface area contributed by atoms with Crippen molar-refractivity contribution in [1.82, 2.24) is 0 Å². The minimum Gasteiger partial charge on any atom is -0.468 e. The van der Waals surface area contributed by atoms with E-state index < -0.39 is 0 Å². The highest BCUT2D eigenvalue weighted by Crippen LogP contribution is 2.54. The number of fused-ring (bicyclic) bond motifs is 8. The fraction of sp³-hybridized carbons (Fsp3) is 0.429.